The fourth-order valence-electron chi connectivity index (χ4n) is 4.18. The van der Waals surface area contributed by atoms with Crippen LogP contribution in [0.1, 0.15) is 39.8 Å². The van der Waals surface area contributed by atoms with Crippen LogP contribution in [0.5, 0.6) is 5.75 Å². The van der Waals surface area contributed by atoms with E-state index in [1.54, 1.807) is 0 Å². The van der Waals surface area contributed by atoms with Crippen LogP contribution in [0.15, 0.2) is 78.9 Å². The van der Waals surface area contributed by atoms with Crippen molar-refractivity contribution in [2.24, 2.45) is 0 Å². The van der Waals surface area contributed by atoms with Crippen LogP contribution in [0, 0.1) is 13.8 Å². The predicted molar refractivity (Wildman–Crippen MR) is 133 cm³/mol. The molecule has 170 valence electrons. The Morgan fingerprint density at radius 3 is 2.65 bits per heavy atom. The van der Waals surface area contributed by atoms with E-state index in [2.05, 4.69) is 26.7 Å². The summed E-state index contributed by atoms with van der Waals surface area (Å²) in [7, 11) is 0. The molecule has 1 aliphatic rings. The summed E-state index contributed by atoms with van der Waals surface area (Å²) in [6.45, 7) is 4.50. The highest BCUT2D eigenvalue weighted by Crippen LogP contribution is 2.33. The van der Waals surface area contributed by atoms with Crippen molar-refractivity contribution >= 4 is 17.4 Å². The van der Waals surface area contributed by atoms with Gasteiger partial charge in [0.2, 0.25) is 0 Å². The first-order valence-electron chi connectivity index (χ1n) is 11.4. The average molecular weight is 451 g/mol. The van der Waals surface area contributed by atoms with E-state index in [9.17, 15) is 4.79 Å². The summed E-state index contributed by atoms with van der Waals surface area (Å²) >= 11 is 0. The molecule has 1 amide bonds. The number of nitrogens with one attached hydrogen (secondary N) is 2. The molecular weight excluding hydrogens is 424 g/mol. The standard InChI is InChI=1S/C28H26N4O2/c1-18-11-12-26-23(15-18)24(13-14-34-26)32-28(33)21-9-6-10-22(16-21)31-27-17-25(29-19(2)30-27)20-7-4-3-5-8-20/h3-12,15-17,24H,13-14H2,1-2H3,(H,32,33)(H,29,30,31). The first-order chi connectivity index (χ1) is 16.5. The van der Waals surface area contributed by atoms with Gasteiger partial charge in [0.1, 0.15) is 17.4 Å². The molecule has 6 heteroatoms. The SMILES string of the molecule is Cc1ccc2c(c1)C(NC(=O)c1cccc(Nc3cc(-c4ccccc4)nc(C)n3)c1)CCO2. The third-order valence-electron chi connectivity index (χ3n) is 5.81. The summed E-state index contributed by atoms with van der Waals surface area (Å²) in [5.74, 6) is 2.07. The molecule has 1 aromatic heterocycles. The molecule has 1 aliphatic heterocycles. The molecule has 0 radical (unpaired) electrons. The first kappa shape index (κ1) is 21.6. The van der Waals surface area contributed by atoms with E-state index >= 15 is 0 Å². The summed E-state index contributed by atoms with van der Waals surface area (Å²) in [5.41, 5.74) is 5.41. The third-order valence-corrected chi connectivity index (χ3v) is 5.81. The smallest absolute Gasteiger partial charge is 0.251 e. The van der Waals surface area contributed by atoms with Crippen molar-refractivity contribution in [3.05, 3.63) is 101 Å². The van der Waals surface area contributed by atoms with Crippen molar-refractivity contribution < 1.29 is 9.53 Å². The van der Waals surface area contributed by atoms with E-state index in [0.717, 1.165) is 40.2 Å². The lowest BCUT2D eigenvalue weighted by atomic mass is 9.98. The van der Waals surface area contributed by atoms with Gasteiger partial charge in [0, 0.05) is 34.9 Å². The Balaban J connectivity index is 1.34. The molecule has 1 unspecified atom stereocenters. The minimum absolute atomic E-state index is 0.0780. The van der Waals surface area contributed by atoms with Gasteiger partial charge < -0.3 is 15.4 Å². The molecule has 0 aliphatic carbocycles. The number of carbonyl (C=O) groups excluding carboxylic acids is 1. The fourth-order valence-corrected chi connectivity index (χ4v) is 4.18. The van der Waals surface area contributed by atoms with Crippen LogP contribution < -0.4 is 15.4 Å². The van der Waals surface area contributed by atoms with Gasteiger partial charge in [-0.05, 0) is 38.1 Å². The molecule has 0 spiro atoms. The summed E-state index contributed by atoms with van der Waals surface area (Å²) in [5, 5.41) is 6.50. The van der Waals surface area contributed by atoms with E-state index in [4.69, 9.17) is 4.74 Å². The zero-order chi connectivity index (χ0) is 23.5. The first-order valence-corrected chi connectivity index (χ1v) is 11.4. The van der Waals surface area contributed by atoms with Crippen molar-refractivity contribution in [3.8, 4) is 17.0 Å². The van der Waals surface area contributed by atoms with E-state index < -0.39 is 0 Å². The highest BCUT2D eigenvalue weighted by molar-refractivity contribution is 5.95. The van der Waals surface area contributed by atoms with Crippen LogP contribution in [0.25, 0.3) is 11.3 Å². The lowest BCUT2D eigenvalue weighted by Gasteiger charge is -2.27. The quantitative estimate of drug-likeness (QED) is 0.404. The van der Waals surface area contributed by atoms with E-state index in [1.807, 2.05) is 86.6 Å². The van der Waals surface area contributed by atoms with E-state index in [0.29, 0.717) is 23.8 Å². The molecule has 1 atom stereocenters. The van der Waals surface area contributed by atoms with Crippen LogP contribution in [0.3, 0.4) is 0 Å². The Bertz CT molecular complexity index is 1340. The van der Waals surface area contributed by atoms with Gasteiger partial charge in [-0.1, -0.05) is 54.1 Å². The predicted octanol–water partition coefficient (Wildman–Crippen LogP) is 5.76. The van der Waals surface area contributed by atoms with Gasteiger partial charge in [-0.2, -0.15) is 0 Å². The number of carbonyl (C=O) groups is 1. The summed E-state index contributed by atoms with van der Waals surface area (Å²) < 4.78 is 5.76. The van der Waals surface area contributed by atoms with Crippen molar-refractivity contribution in [3.63, 3.8) is 0 Å². The van der Waals surface area contributed by atoms with Gasteiger partial charge in [0.15, 0.2) is 0 Å². The van der Waals surface area contributed by atoms with Crippen molar-refractivity contribution in [2.75, 3.05) is 11.9 Å². The zero-order valence-electron chi connectivity index (χ0n) is 19.2. The van der Waals surface area contributed by atoms with E-state index in [-0.39, 0.29) is 11.9 Å². The largest absolute Gasteiger partial charge is 0.493 e. The molecule has 5 rings (SSSR count). The second kappa shape index (κ2) is 9.35. The van der Waals surface area contributed by atoms with Crippen LogP contribution in [0.2, 0.25) is 0 Å². The average Bonchev–Trinajstić information content (AvgIpc) is 2.85. The minimum atomic E-state index is -0.119. The molecule has 2 heterocycles. The Hall–Kier alpha value is -4.19. The number of hydrogen-bond acceptors (Lipinski definition) is 5. The number of amides is 1. The number of hydrogen-bond donors (Lipinski definition) is 2. The maximum atomic E-state index is 13.1. The maximum absolute atomic E-state index is 13.1. The Morgan fingerprint density at radius 2 is 1.79 bits per heavy atom. The monoisotopic (exact) mass is 450 g/mol. The van der Waals surface area contributed by atoms with Crippen molar-refractivity contribution in [1.82, 2.24) is 15.3 Å². The van der Waals surface area contributed by atoms with Crippen LogP contribution in [-0.4, -0.2) is 22.5 Å². The zero-order valence-corrected chi connectivity index (χ0v) is 19.2. The normalized spacial score (nSPS) is 14.6. The van der Waals surface area contributed by atoms with Crippen molar-refractivity contribution in [2.45, 2.75) is 26.3 Å². The summed E-state index contributed by atoms with van der Waals surface area (Å²) in [4.78, 5) is 22.2. The Morgan fingerprint density at radius 1 is 0.941 bits per heavy atom. The van der Waals surface area contributed by atoms with Crippen molar-refractivity contribution in [1.29, 1.82) is 0 Å². The fraction of sp³-hybridized carbons (Fsp3) is 0.179. The molecule has 3 aromatic carbocycles. The molecular formula is C28H26N4O2. The van der Waals surface area contributed by atoms with E-state index in [1.165, 1.54) is 0 Å². The van der Waals surface area contributed by atoms with Crippen LogP contribution >= 0.6 is 0 Å². The number of anilines is 2. The van der Waals surface area contributed by atoms with Crippen LogP contribution in [-0.2, 0) is 0 Å². The number of aryl methyl sites for hydroxylation is 2. The number of nitrogens with zero attached hydrogens (tertiary/aromatic N) is 2. The maximum Gasteiger partial charge on any atom is 0.251 e. The molecule has 34 heavy (non-hydrogen) atoms. The topological polar surface area (TPSA) is 76.1 Å². The molecule has 2 N–H and O–H groups in total. The highest BCUT2D eigenvalue weighted by atomic mass is 16.5. The third kappa shape index (κ3) is 4.76. The van der Waals surface area contributed by atoms with Gasteiger partial charge in [0.25, 0.3) is 5.91 Å². The molecule has 4 aromatic rings. The Labute approximate surface area is 199 Å². The number of ether oxygens (including phenoxy) is 1. The number of rotatable bonds is 5. The molecule has 6 nitrogen and oxygen atoms in total. The van der Waals surface area contributed by atoms with Gasteiger partial charge in [-0.3, -0.25) is 4.79 Å². The second-order valence-electron chi connectivity index (χ2n) is 8.46. The molecule has 0 fully saturated rings. The minimum Gasteiger partial charge on any atom is -0.493 e. The summed E-state index contributed by atoms with van der Waals surface area (Å²) in [6, 6.07) is 25.3. The molecule has 0 bridgehead atoms. The van der Waals surface area contributed by atoms with Gasteiger partial charge in [0.05, 0.1) is 18.3 Å². The van der Waals surface area contributed by atoms with Gasteiger partial charge in [-0.25, -0.2) is 9.97 Å². The molecule has 0 saturated carbocycles. The number of aromatic nitrogens is 2. The Kier molecular flexibility index (Phi) is 5.95. The number of benzene rings is 3. The highest BCUT2D eigenvalue weighted by Gasteiger charge is 2.23. The summed E-state index contributed by atoms with van der Waals surface area (Å²) in [6.07, 6.45) is 0.739. The lowest BCUT2D eigenvalue weighted by molar-refractivity contribution is 0.0925. The lowest BCUT2D eigenvalue weighted by Crippen LogP contribution is -2.32. The van der Waals surface area contributed by atoms with Gasteiger partial charge >= 0.3 is 0 Å². The number of fused-ring (bicyclic) bond motifs is 1. The second-order valence-corrected chi connectivity index (χ2v) is 8.46. The van der Waals surface area contributed by atoms with Crippen LogP contribution in [0.4, 0.5) is 11.5 Å². The van der Waals surface area contributed by atoms with Gasteiger partial charge in [-0.15, -0.1) is 0 Å². The molecule has 0 saturated heterocycles.